The van der Waals surface area contributed by atoms with Crippen LogP contribution in [0.25, 0.3) is 0 Å². The van der Waals surface area contributed by atoms with Gasteiger partial charge in [0.05, 0.1) is 12.6 Å². The van der Waals surface area contributed by atoms with E-state index in [0.29, 0.717) is 13.1 Å². The van der Waals surface area contributed by atoms with Gasteiger partial charge in [-0.15, -0.1) is 0 Å². The van der Waals surface area contributed by atoms with E-state index in [1.165, 1.54) is 0 Å². The van der Waals surface area contributed by atoms with Gasteiger partial charge < -0.3 is 15.4 Å². The molecule has 0 amide bonds. The van der Waals surface area contributed by atoms with Crippen LogP contribution in [0.15, 0.2) is 36.7 Å². The number of aromatic nitrogens is 2. The lowest BCUT2D eigenvalue weighted by atomic mass is 10.1. The summed E-state index contributed by atoms with van der Waals surface area (Å²) in [5.41, 5.74) is 7.55. The summed E-state index contributed by atoms with van der Waals surface area (Å²) < 4.78 is 2.02. The molecule has 0 radical (unpaired) electrons. The molecule has 0 fully saturated rings. The minimum atomic E-state index is -0.517. The second kappa shape index (κ2) is 6.50. The summed E-state index contributed by atoms with van der Waals surface area (Å²) in [7, 11) is 0. The molecular weight excluding hydrogens is 238 g/mol. The molecule has 1 aromatic heterocycles. The zero-order chi connectivity index (χ0) is 13.7. The molecule has 3 N–H and O–H groups in total. The van der Waals surface area contributed by atoms with Crippen LogP contribution < -0.4 is 5.73 Å². The molecule has 1 atom stereocenters. The smallest absolute Gasteiger partial charge is 0.108 e. The second-order valence-corrected chi connectivity index (χ2v) is 4.71. The van der Waals surface area contributed by atoms with Crippen LogP contribution >= 0.6 is 0 Å². The highest BCUT2D eigenvalue weighted by Gasteiger charge is 2.10. The van der Waals surface area contributed by atoms with Gasteiger partial charge in [0.15, 0.2) is 0 Å². The minimum absolute atomic E-state index is 0.517. The Balaban J connectivity index is 2.06. The Morgan fingerprint density at radius 2 is 2.05 bits per heavy atom. The van der Waals surface area contributed by atoms with E-state index in [1.807, 2.05) is 35.0 Å². The third kappa shape index (κ3) is 3.43. The molecule has 1 heterocycles. The van der Waals surface area contributed by atoms with Gasteiger partial charge in [-0.2, -0.15) is 0 Å². The Kier molecular flexibility index (Phi) is 4.71. The normalized spacial score (nSPS) is 12.6. The largest absolute Gasteiger partial charge is 0.387 e. The van der Waals surface area contributed by atoms with Crippen molar-refractivity contribution in [2.24, 2.45) is 5.73 Å². The van der Waals surface area contributed by atoms with Gasteiger partial charge in [0.2, 0.25) is 0 Å². The van der Waals surface area contributed by atoms with E-state index in [1.54, 1.807) is 6.20 Å². The Morgan fingerprint density at radius 3 is 2.68 bits per heavy atom. The van der Waals surface area contributed by atoms with E-state index in [2.05, 4.69) is 11.9 Å². The summed E-state index contributed by atoms with van der Waals surface area (Å²) in [6.45, 7) is 3.19. The van der Waals surface area contributed by atoms with Crippen molar-refractivity contribution in [2.75, 3.05) is 0 Å². The van der Waals surface area contributed by atoms with Crippen molar-refractivity contribution in [2.45, 2.75) is 39.0 Å². The van der Waals surface area contributed by atoms with Crippen molar-refractivity contribution < 1.29 is 5.11 Å². The fourth-order valence-corrected chi connectivity index (χ4v) is 2.13. The van der Waals surface area contributed by atoms with E-state index >= 15 is 0 Å². The van der Waals surface area contributed by atoms with Crippen LogP contribution in [0.2, 0.25) is 0 Å². The molecule has 2 aromatic rings. The lowest BCUT2D eigenvalue weighted by Crippen LogP contribution is -2.11. The lowest BCUT2D eigenvalue weighted by molar-refractivity contribution is 0.155. The highest BCUT2D eigenvalue weighted by Crippen LogP contribution is 2.17. The van der Waals surface area contributed by atoms with Crippen LogP contribution in [0.4, 0.5) is 0 Å². The Hall–Kier alpha value is -1.65. The first kappa shape index (κ1) is 13.8. The first-order valence-corrected chi connectivity index (χ1v) is 6.71. The van der Waals surface area contributed by atoms with E-state index < -0.39 is 6.10 Å². The van der Waals surface area contributed by atoms with E-state index in [-0.39, 0.29) is 0 Å². The van der Waals surface area contributed by atoms with Crippen molar-refractivity contribution in [3.63, 3.8) is 0 Å². The summed E-state index contributed by atoms with van der Waals surface area (Å²) in [5, 5.41) is 10.3. The van der Waals surface area contributed by atoms with Crippen LogP contribution in [-0.4, -0.2) is 14.7 Å². The molecule has 0 aliphatic rings. The van der Waals surface area contributed by atoms with Gasteiger partial charge in [0.1, 0.15) is 5.82 Å². The molecule has 0 spiro atoms. The number of hydrogen-bond donors (Lipinski definition) is 2. The van der Waals surface area contributed by atoms with Crippen LogP contribution in [0.5, 0.6) is 0 Å². The zero-order valence-corrected chi connectivity index (χ0v) is 11.3. The quantitative estimate of drug-likeness (QED) is 0.834. The van der Waals surface area contributed by atoms with Gasteiger partial charge in [-0.3, -0.25) is 0 Å². The maximum atomic E-state index is 10.3. The van der Waals surface area contributed by atoms with Crippen molar-refractivity contribution in [3.05, 3.63) is 53.6 Å². The van der Waals surface area contributed by atoms with Crippen LogP contribution in [0, 0.1) is 0 Å². The van der Waals surface area contributed by atoms with Crippen LogP contribution in [-0.2, 0) is 19.5 Å². The average Bonchev–Trinajstić information content (AvgIpc) is 2.86. The van der Waals surface area contributed by atoms with E-state index in [4.69, 9.17) is 5.73 Å². The Morgan fingerprint density at radius 1 is 1.32 bits per heavy atom. The number of nitrogens with two attached hydrogens (primary N) is 1. The third-order valence-corrected chi connectivity index (χ3v) is 3.25. The van der Waals surface area contributed by atoms with Gasteiger partial charge in [0, 0.05) is 25.4 Å². The van der Waals surface area contributed by atoms with Gasteiger partial charge in [-0.25, -0.2) is 4.98 Å². The molecule has 4 nitrogen and oxygen atoms in total. The predicted octanol–water partition coefficient (Wildman–Crippen LogP) is 2.03. The van der Waals surface area contributed by atoms with E-state index in [0.717, 1.165) is 29.8 Å². The highest BCUT2D eigenvalue weighted by molar-refractivity contribution is 5.24. The highest BCUT2D eigenvalue weighted by atomic mass is 16.3. The first-order valence-electron chi connectivity index (χ1n) is 6.71. The standard InChI is InChI=1S/C15H21N3O/c1-2-3-15-17-8-9-18(15)11-14(19)13-6-4-12(10-16)5-7-13/h4-9,14,19H,2-3,10-11,16H2,1H3. The maximum Gasteiger partial charge on any atom is 0.108 e. The number of aryl methyl sites for hydroxylation is 1. The zero-order valence-electron chi connectivity index (χ0n) is 11.3. The SMILES string of the molecule is CCCc1nccn1CC(O)c1ccc(CN)cc1. The number of aliphatic hydroxyl groups excluding tert-OH is 1. The molecule has 2 rings (SSSR count). The predicted molar refractivity (Wildman–Crippen MR) is 75.5 cm³/mol. The van der Waals surface area contributed by atoms with Crippen molar-refractivity contribution in [1.82, 2.24) is 9.55 Å². The van der Waals surface area contributed by atoms with Gasteiger partial charge in [0.25, 0.3) is 0 Å². The number of benzene rings is 1. The molecule has 4 heteroatoms. The fourth-order valence-electron chi connectivity index (χ4n) is 2.13. The molecule has 1 unspecified atom stereocenters. The minimum Gasteiger partial charge on any atom is -0.387 e. The average molecular weight is 259 g/mol. The lowest BCUT2D eigenvalue weighted by Gasteiger charge is -2.14. The summed E-state index contributed by atoms with van der Waals surface area (Å²) in [4.78, 5) is 4.32. The summed E-state index contributed by atoms with van der Waals surface area (Å²) in [5.74, 6) is 1.03. The summed E-state index contributed by atoms with van der Waals surface area (Å²) in [6.07, 6.45) is 5.18. The molecule has 102 valence electrons. The van der Waals surface area contributed by atoms with Crippen LogP contribution in [0.3, 0.4) is 0 Å². The number of imidazole rings is 1. The van der Waals surface area contributed by atoms with Crippen LogP contribution in [0.1, 0.15) is 36.4 Å². The molecule has 0 aliphatic carbocycles. The van der Waals surface area contributed by atoms with Gasteiger partial charge in [-0.05, 0) is 17.5 Å². The number of aliphatic hydroxyl groups is 1. The molecule has 0 saturated carbocycles. The Bertz CT molecular complexity index is 504. The third-order valence-electron chi connectivity index (χ3n) is 3.25. The van der Waals surface area contributed by atoms with Crippen molar-refractivity contribution >= 4 is 0 Å². The molecule has 19 heavy (non-hydrogen) atoms. The molecular formula is C15H21N3O. The number of nitrogens with zero attached hydrogens (tertiary/aromatic N) is 2. The molecule has 1 aromatic carbocycles. The monoisotopic (exact) mass is 259 g/mol. The molecule has 0 aliphatic heterocycles. The van der Waals surface area contributed by atoms with Gasteiger partial charge in [-0.1, -0.05) is 31.2 Å². The van der Waals surface area contributed by atoms with E-state index in [9.17, 15) is 5.11 Å². The second-order valence-electron chi connectivity index (χ2n) is 4.71. The maximum absolute atomic E-state index is 10.3. The number of rotatable bonds is 6. The number of hydrogen-bond acceptors (Lipinski definition) is 3. The topological polar surface area (TPSA) is 64.1 Å². The summed E-state index contributed by atoms with van der Waals surface area (Å²) in [6, 6.07) is 7.78. The molecule has 0 bridgehead atoms. The van der Waals surface area contributed by atoms with Crippen molar-refractivity contribution in [3.8, 4) is 0 Å². The van der Waals surface area contributed by atoms with Gasteiger partial charge >= 0.3 is 0 Å². The Labute approximate surface area is 113 Å². The molecule has 0 saturated heterocycles. The van der Waals surface area contributed by atoms with Crippen molar-refractivity contribution in [1.29, 1.82) is 0 Å². The summed E-state index contributed by atoms with van der Waals surface area (Å²) >= 11 is 0. The fraction of sp³-hybridized carbons (Fsp3) is 0.400. The first-order chi connectivity index (χ1) is 9.24.